The zero-order valence-electron chi connectivity index (χ0n) is 27.9. The number of esters is 2. The number of nitrogens with zero attached hydrogens (tertiary/aromatic N) is 4. The summed E-state index contributed by atoms with van der Waals surface area (Å²) in [5.41, 5.74) is 3.32. The van der Waals surface area contributed by atoms with Gasteiger partial charge in [0.1, 0.15) is 11.3 Å². The van der Waals surface area contributed by atoms with E-state index in [9.17, 15) is 42.3 Å². The summed E-state index contributed by atoms with van der Waals surface area (Å²) >= 11 is 0. The van der Waals surface area contributed by atoms with Crippen LogP contribution in [-0.2, 0) is 42.4 Å². The molecule has 272 valence electrons. The van der Waals surface area contributed by atoms with Gasteiger partial charge in [-0.1, -0.05) is 19.9 Å². The standard InChI is InChI=1S/C34H36F3N5O9/c1-3-18-8-9-23(49-32(47)41-13-11-40(12-14-41)24(43)7-5-6-10-38)20-15-19-17-42-22(27(19)39-26(18)20)16-21-25(28(42)44)29(51-31(46)34(35,36)37)50-30(45)33(21,48)4-2/h8-9,15-16,29,48H,3-7,10-14,17,38H2,1-2H3/t29?,33-/m0/s1. The molecule has 3 aliphatic heterocycles. The van der Waals surface area contributed by atoms with Gasteiger partial charge in [0.15, 0.2) is 5.60 Å². The number of nitrogens with two attached hydrogens (primary N) is 1. The summed E-state index contributed by atoms with van der Waals surface area (Å²) in [6.45, 7) is 4.96. The van der Waals surface area contributed by atoms with Gasteiger partial charge < -0.3 is 39.4 Å². The van der Waals surface area contributed by atoms with Crippen LogP contribution in [0.25, 0.3) is 22.3 Å². The lowest BCUT2D eigenvalue weighted by molar-refractivity contribution is -0.236. The number of aryl methyl sites for hydroxylation is 1. The number of rotatable bonds is 8. The molecular weight excluding hydrogens is 679 g/mol. The number of halogens is 3. The van der Waals surface area contributed by atoms with Crippen LogP contribution in [0, 0.1) is 0 Å². The van der Waals surface area contributed by atoms with Crippen LogP contribution in [0.5, 0.6) is 5.75 Å². The highest BCUT2D eigenvalue weighted by Gasteiger charge is 2.52. The first-order valence-corrected chi connectivity index (χ1v) is 16.6. The van der Waals surface area contributed by atoms with Gasteiger partial charge in [-0.25, -0.2) is 19.4 Å². The summed E-state index contributed by atoms with van der Waals surface area (Å²) in [6, 6.07) is 6.36. The minimum atomic E-state index is -5.45. The molecule has 1 saturated heterocycles. The van der Waals surface area contributed by atoms with Crippen molar-refractivity contribution in [3.05, 3.63) is 56.9 Å². The fraction of sp³-hybridized carbons (Fsp3) is 0.471. The summed E-state index contributed by atoms with van der Waals surface area (Å²) in [4.78, 5) is 72.3. The van der Waals surface area contributed by atoms with Gasteiger partial charge in [0, 0.05) is 49.1 Å². The molecule has 3 aliphatic rings. The summed E-state index contributed by atoms with van der Waals surface area (Å²) in [5, 5.41) is 11.8. The molecule has 0 bridgehead atoms. The van der Waals surface area contributed by atoms with Crippen molar-refractivity contribution >= 4 is 34.8 Å². The first-order valence-electron chi connectivity index (χ1n) is 16.6. The van der Waals surface area contributed by atoms with E-state index < -0.39 is 47.2 Å². The van der Waals surface area contributed by atoms with Crippen molar-refractivity contribution in [3.63, 3.8) is 0 Å². The fourth-order valence-corrected chi connectivity index (χ4v) is 6.63. The lowest BCUT2D eigenvalue weighted by atomic mass is 9.85. The van der Waals surface area contributed by atoms with Crippen molar-refractivity contribution in [3.8, 4) is 17.1 Å². The average molecular weight is 716 g/mol. The molecule has 5 heterocycles. The Labute approximate surface area is 288 Å². The quantitative estimate of drug-likeness (QED) is 0.202. The molecule has 2 aromatic heterocycles. The number of carbonyl (C=O) groups is 4. The molecule has 1 fully saturated rings. The number of amides is 2. The number of hydrogen-bond acceptors (Lipinski definition) is 11. The number of hydrogen-bond donors (Lipinski definition) is 2. The van der Waals surface area contributed by atoms with Gasteiger partial charge in [0.25, 0.3) is 11.8 Å². The van der Waals surface area contributed by atoms with Crippen LogP contribution in [0.1, 0.15) is 68.1 Å². The Balaban J connectivity index is 1.33. The predicted octanol–water partition coefficient (Wildman–Crippen LogP) is 3.02. The second-order valence-corrected chi connectivity index (χ2v) is 12.6. The van der Waals surface area contributed by atoms with Crippen LogP contribution in [0.4, 0.5) is 18.0 Å². The van der Waals surface area contributed by atoms with E-state index in [1.54, 1.807) is 23.1 Å². The third-order valence-corrected chi connectivity index (χ3v) is 9.52. The molecular formula is C34H36F3N5O9. The fourth-order valence-electron chi connectivity index (χ4n) is 6.63. The second kappa shape index (κ2) is 13.6. The van der Waals surface area contributed by atoms with E-state index in [-0.39, 0.29) is 49.0 Å². The SMILES string of the molecule is CCc1ccc(OC(=O)N2CCN(C(=O)CCCCN)CC2)c2cc3c(nc12)-c1cc2c(c(=O)n1C3)C(OC(=O)C(F)(F)F)OC(=O)[C@]2(O)CC. The van der Waals surface area contributed by atoms with Gasteiger partial charge in [0.2, 0.25) is 5.91 Å². The zero-order chi connectivity index (χ0) is 36.8. The average Bonchev–Trinajstić information content (AvgIpc) is 3.47. The molecule has 3 aromatic rings. The maximum Gasteiger partial charge on any atom is 0.491 e. The van der Waals surface area contributed by atoms with Crippen LogP contribution >= 0.6 is 0 Å². The monoisotopic (exact) mass is 715 g/mol. The number of aliphatic hydroxyl groups is 1. The zero-order valence-corrected chi connectivity index (χ0v) is 27.9. The Hall–Kier alpha value is -5.03. The number of piperazine rings is 1. The largest absolute Gasteiger partial charge is 0.491 e. The first-order chi connectivity index (χ1) is 24.2. The highest BCUT2D eigenvalue weighted by atomic mass is 19.4. The molecule has 17 heteroatoms. The Kier molecular flexibility index (Phi) is 9.54. The summed E-state index contributed by atoms with van der Waals surface area (Å²) in [5.74, 6) is -3.86. The maximum atomic E-state index is 13.9. The number of cyclic esters (lactones) is 1. The van der Waals surface area contributed by atoms with E-state index in [1.807, 2.05) is 6.92 Å². The minimum absolute atomic E-state index is 0.00911. The Morgan fingerprint density at radius 3 is 2.43 bits per heavy atom. The van der Waals surface area contributed by atoms with E-state index in [4.69, 9.17) is 20.2 Å². The number of aromatic nitrogens is 2. The number of carbonyl (C=O) groups excluding carboxylic acids is 4. The van der Waals surface area contributed by atoms with Crippen molar-refractivity contribution in [1.82, 2.24) is 19.4 Å². The van der Waals surface area contributed by atoms with Crippen molar-refractivity contribution in [1.29, 1.82) is 0 Å². The molecule has 0 spiro atoms. The van der Waals surface area contributed by atoms with Gasteiger partial charge in [-0.15, -0.1) is 0 Å². The van der Waals surface area contributed by atoms with Crippen molar-refractivity contribution < 1.29 is 51.7 Å². The third kappa shape index (κ3) is 6.39. The van der Waals surface area contributed by atoms with Gasteiger partial charge in [-0.2, -0.15) is 13.2 Å². The van der Waals surface area contributed by atoms with Crippen LogP contribution < -0.4 is 16.0 Å². The number of alkyl halides is 3. The summed E-state index contributed by atoms with van der Waals surface area (Å²) in [7, 11) is 0. The first kappa shape index (κ1) is 35.8. The molecule has 3 N–H and O–H groups in total. The Morgan fingerprint density at radius 1 is 1.08 bits per heavy atom. The molecule has 2 atom stereocenters. The van der Waals surface area contributed by atoms with Gasteiger partial charge in [-0.05, 0) is 56.0 Å². The number of benzene rings is 1. The van der Waals surface area contributed by atoms with Crippen molar-refractivity contribution in [2.24, 2.45) is 5.73 Å². The number of pyridine rings is 2. The Bertz CT molecular complexity index is 1990. The lowest BCUT2D eigenvalue weighted by Gasteiger charge is -2.35. The Morgan fingerprint density at radius 2 is 1.78 bits per heavy atom. The minimum Gasteiger partial charge on any atom is -0.418 e. The summed E-state index contributed by atoms with van der Waals surface area (Å²) < 4.78 is 55.6. The number of ether oxygens (including phenoxy) is 3. The highest BCUT2D eigenvalue weighted by Crippen LogP contribution is 2.43. The molecule has 0 aliphatic carbocycles. The van der Waals surface area contributed by atoms with Gasteiger partial charge in [-0.3, -0.25) is 9.59 Å². The lowest BCUT2D eigenvalue weighted by Crippen LogP contribution is -2.51. The topological polar surface area (TPSA) is 184 Å². The molecule has 14 nitrogen and oxygen atoms in total. The highest BCUT2D eigenvalue weighted by molar-refractivity contribution is 5.93. The molecule has 51 heavy (non-hydrogen) atoms. The predicted molar refractivity (Wildman–Crippen MR) is 172 cm³/mol. The molecule has 2 amide bonds. The summed E-state index contributed by atoms with van der Waals surface area (Å²) in [6.07, 6.45) is -6.36. The second-order valence-electron chi connectivity index (χ2n) is 12.6. The third-order valence-electron chi connectivity index (χ3n) is 9.52. The van der Waals surface area contributed by atoms with Crippen LogP contribution in [-0.4, -0.2) is 87.3 Å². The van der Waals surface area contributed by atoms with Gasteiger partial charge in [0.05, 0.1) is 23.4 Å². The van der Waals surface area contributed by atoms with Crippen molar-refractivity contribution in [2.45, 2.75) is 70.6 Å². The normalized spacial score (nSPS) is 19.7. The molecule has 1 unspecified atom stereocenters. The van der Waals surface area contributed by atoms with Crippen LogP contribution in [0.15, 0.2) is 29.1 Å². The van der Waals surface area contributed by atoms with E-state index in [1.165, 1.54) is 22.5 Å². The van der Waals surface area contributed by atoms with E-state index in [0.29, 0.717) is 61.1 Å². The van der Waals surface area contributed by atoms with E-state index in [2.05, 4.69) is 4.74 Å². The maximum absolute atomic E-state index is 13.9. The molecule has 0 saturated carbocycles. The van der Waals surface area contributed by atoms with E-state index in [0.717, 1.165) is 12.0 Å². The molecule has 1 aromatic carbocycles. The van der Waals surface area contributed by atoms with Crippen LogP contribution in [0.2, 0.25) is 0 Å². The molecule has 0 radical (unpaired) electrons. The van der Waals surface area contributed by atoms with E-state index >= 15 is 0 Å². The number of fused-ring (bicyclic) bond motifs is 5. The van der Waals surface area contributed by atoms with Crippen LogP contribution in [0.3, 0.4) is 0 Å². The smallest absolute Gasteiger partial charge is 0.418 e. The number of unbranched alkanes of at least 4 members (excludes halogenated alkanes) is 1. The van der Waals surface area contributed by atoms with Gasteiger partial charge >= 0.3 is 24.2 Å². The molecule has 6 rings (SSSR count). The van der Waals surface area contributed by atoms with Crippen molar-refractivity contribution in [2.75, 3.05) is 32.7 Å².